The van der Waals surface area contributed by atoms with E-state index in [2.05, 4.69) is 16.6 Å². The maximum Gasteiger partial charge on any atom is 0.337 e. The second-order valence-corrected chi connectivity index (χ2v) is 4.60. The van der Waals surface area contributed by atoms with Crippen LogP contribution in [0, 0.1) is 6.92 Å². The summed E-state index contributed by atoms with van der Waals surface area (Å²) in [6.07, 6.45) is 7.69. The molecule has 21 heavy (non-hydrogen) atoms. The Morgan fingerprint density at radius 2 is 2.10 bits per heavy atom. The molecule has 0 saturated carbocycles. The van der Waals surface area contributed by atoms with Crippen LogP contribution in [-0.4, -0.2) is 19.0 Å². The molecule has 0 heterocycles. The third kappa shape index (κ3) is 5.65. The lowest BCUT2D eigenvalue weighted by molar-refractivity contribution is -0.116. The number of aryl methyl sites for hydroxylation is 1. The SMILES string of the molecule is C=CCC=CCCC(=O)Nc1ccc(C(=O)OC)cc1C. The third-order valence-corrected chi connectivity index (χ3v) is 2.93. The standard InChI is InChI=1S/C17H21NO3/c1-4-5-6-7-8-9-16(19)18-15-11-10-14(12-13(15)2)17(20)21-3/h4,6-7,10-12H,1,5,8-9H2,2-3H3,(H,18,19). The molecule has 0 spiro atoms. The van der Waals surface area contributed by atoms with E-state index >= 15 is 0 Å². The lowest BCUT2D eigenvalue weighted by Crippen LogP contribution is -2.12. The fraction of sp³-hybridized carbons (Fsp3) is 0.294. The maximum absolute atomic E-state index is 11.8. The van der Waals surface area contributed by atoms with Crippen LogP contribution in [0.25, 0.3) is 0 Å². The number of ether oxygens (including phenoxy) is 1. The molecule has 0 saturated heterocycles. The highest BCUT2D eigenvalue weighted by Gasteiger charge is 2.09. The lowest BCUT2D eigenvalue weighted by atomic mass is 10.1. The monoisotopic (exact) mass is 287 g/mol. The van der Waals surface area contributed by atoms with Crippen molar-refractivity contribution in [2.45, 2.75) is 26.2 Å². The van der Waals surface area contributed by atoms with Gasteiger partial charge in [-0.25, -0.2) is 4.79 Å². The number of esters is 1. The Labute approximate surface area is 125 Å². The van der Waals surface area contributed by atoms with Crippen LogP contribution in [0.4, 0.5) is 5.69 Å². The Morgan fingerprint density at radius 1 is 1.33 bits per heavy atom. The fourth-order valence-electron chi connectivity index (χ4n) is 1.79. The smallest absolute Gasteiger partial charge is 0.337 e. The molecule has 0 aromatic heterocycles. The molecule has 1 aromatic rings. The minimum absolute atomic E-state index is 0.0489. The van der Waals surface area contributed by atoms with Gasteiger partial charge in [0.15, 0.2) is 0 Å². The topological polar surface area (TPSA) is 55.4 Å². The van der Waals surface area contributed by atoms with Gasteiger partial charge >= 0.3 is 5.97 Å². The average Bonchev–Trinajstić information content (AvgIpc) is 2.48. The number of anilines is 1. The zero-order valence-electron chi connectivity index (χ0n) is 12.5. The van der Waals surface area contributed by atoms with Crippen LogP contribution in [0.3, 0.4) is 0 Å². The van der Waals surface area contributed by atoms with Gasteiger partial charge in [-0.05, 0) is 43.5 Å². The van der Waals surface area contributed by atoms with Gasteiger partial charge in [-0.15, -0.1) is 6.58 Å². The number of carbonyl (C=O) groups is 2. The summed E-state index contributed by atoms with van der Waals surface area (Å²) in [5.74, 6) is -0.435. The van der Waals surface area contributed by atoms with Crippen LogP contribution < -0.4 is 5.32 Å². The van der Waals surface area contributed by atoms with Crippen molar-refractivity contribution in [2.24, 2.45) is 0 Å². The van der Waals surface area contributed by atoms with Crippen molar-refractivity contribution >= 4 is 17.6 Å². The van der Waals surface area contributed by atoms with E-state index in [-0.39, 0.29) is 11.9 Å². The van der Waals surface area contributed by atoms with E-state index in [1.54, 1.807) is 18.2 Å². The van der Waals surface area contributed by atoms with Crippen molar-refractivity contribution in [2.75, 3.05) is 12.4 Å². The normalized spacial score (nSPS) is 10.4. The van der Waals surface area contributed by atoms with E-state index < -0.39 is 0 Å². The number of carbonyl (C=O) groups excluding carboxylic acids is 2. The van der Waals surface area contributed by atoms with Crippen LogP contribution in [-0.2, 0) is 9.53 Å². The molecule has 4 nitrogen and oxygen atoms in total. The van der Waals surface area contributed by atoms with E-state index in [0.717, 1.165) is 12.0 Å². The summed E-state index contributed by atoms with van der Waals surface area (Å²) in [5, 5.41) is 2.84. The maximum atomic E-state index is 11.8. The number of hydrogen-bond donors (Lipinski definition) is 1. The molecular weight excluding hydrogens is 266 g/mol. The molecular formula is C17H21NO3. The summed E-state index contributed by atoms with van der Waals surface area (Å²) in [7, 11) is 1.34. The molecule has 1 N–H and O–H groups in total. The van der Waals surface area contributed by atoms with Crippen LogP contribution in [0.2, 0.25) is 0 Å². The quantitative estimate of drug-likeness (QED) is 0.615. The first-order valence-electron chi connectivity index (χ1n) is 6.83. The van der Waals surface area contributed by atoms with Gasteiger partial charge in [0.1, 0.15) is 0 Å². The predicted octanol–water partition coefficient (Wildman–Crippen LogP) is 3.63. The Hall–Kier alpha value is -2.36. The summed E-state index contributed by atoms with van der Waals surface area (Å²) < 4.78 is 4.66. The molecule has 1 aromatic carbocycles. The molecule has 0 fully saturated rings. The van der Waals surface area contributed by atoms with Gasteiger partial charge in [-0.3, -0.25) is 4.79 Å². The molecule has 1 rings (SSSR count). The molecule has 0 bridgehead atoms. The zero-order valence-corrected chi connectivity index (χ0v) is 12.5. The predicted molar refractivity (Wildman–Crippen MR) is 84.3 cm³/mol. The molecule has 1 amide bonds. The van der Waals surface area contributed by atoms with Gasteiger partial charge in [-0.2, -0.15) is 0 Å². The van der Waals surface area contributed by atoms with Crippen molar-refractivity contribution in [1.82, 2.24) is 0 Å². The minimum Gasteiger partial charge on any atom is -0.465 e. The largest absolute Gasteiger partial charge is 0.465 e. The van der Waals surface area contributed by atoms with Gasteiger partial charge in [0.25, 0.3) is 0 Å². The first-order valence-corrected chi connectivity index (χ1v) is 6.83. The van der Waals surface area contributed by atoms with E-state index in [0.29, 0.717) is 24.1 Å². The van der Waals surface area contributed by atoms with E-state index in [4.69, 9.17) is 0 Å². The molecule has 112 valence electrons. The molecule has 0 unspecified atom stereocenters. The summed E-state index contributed by atoms with van der Waals surface area (Å²) in [6, 6.07) is 5.05. The Kier molecular flexibility index (Phi) is 6.95. The highest BCUT2D eigenvalue weighted by Crippen LogP contribution is 2.17. The van der Waals surface area contributed by atoms with Crippen LogP contribution in [0.15, 0.2) is 43.0 Å². The Balaban J connectivity index is 2.56. The Bertz CT molecular complexity index is 547. The van der Waals surface area contributed by atoms with Crippen molar-refractivity contribution in [1.29, 1.82) is 0 Å². The minimum atomic E-state index is -0.386. The van der Waals surface area contributed by atoms with Crippen molar-refractivity contribution in [3.8, 4) is 0 Å². The summed E-state index contributed by atoms with van der Waals surface area (Å²) >= 11 is 0. The van der Waals surface area contributed by atoms with E-state index in [1.807, 2.05) is 25.2 Å². The second kappa shape index (κ2) is 8.74. The lowest BCUT2D eigenvalue weighted by Gasteiger charge is -2.09. The number of benzene rings is 1. The molecule has 4 heteroatoms. The van der Waals surface area contributed by atoms with E-state index in [1.165, 1.54) is 7.11 Å². The highest BCUT2D eigenvalue weighted by molar-refractivity contribution is 5.94. The number of amides is 1. The number of nitrogens with one attached hydrogen (secondary N) is 1. The van der Waals surface area contributed by atoms with Gasteiger partial charge in [-0.1, -0.05) is 18.2 Å². The highest BCUT2D eigenvalue weighted by atomic mass is 16.5. The molecule has 0 radical (unpaired) electrons. The van der Waals surface area contributed by atoms with Crippen LogP contribution in [0.5, 0.6) is 0 Å². The second-order valence-electron chi connectivity index (χ2n) is 4.60. The Morgan fingerprint density at radius 3 is 2.71 bits per heavy atom. The van der Waals surface area contributed by atoms with Crippen molar-refractivity contribution < 1.29 is 14.3 Å². The number of hydrogen-bond acceptors (Lipinski definition) is 3. The van der Waals surface area contributed by atoms with Gasteiger partial charge in [0.05, 0.1) is 12.7 Å². The summed E-state index contributed by atoms with van der Waals surface area (Å²) in [6.45, 7) is 5.46. The first-order chi connectivity index (χ1) is 10.1. The number of allylic oxidation sites excluding steroid dienone is 3. The number of methoxy groups -OCH3 is 1. The molecule has 0 aliphatic rings. The summed E-state index contributed by atoms with van der Waals surface area (Å²) in [5.41, 5.74) is 2.01. The molecule has 0 aliphatic carbocycles. The van der Waals surface area contributed by atoms with Crippen molar-refractivity contribution in [3.05, 3.63) is 54.1 Å². The molecule has 0 atom stereocenters. The van der Waals surface area contributed by atoms with Crippen LogP contribution in [0.1, 0.15) is 35.2 Å². The third-order valence-electron chi connectivity index (χ3n) is 2.93. The fourth-order valence-corrected chi connectivity index (χ4v) is 1.79. The number of rotatable bonds is 7. The van der Waals surface area contributed by atoms with Crippen LogP contribution >= 0.6 is 0 Å². The average molecular weight is 287 g/mol. The van der Waals surface area contributed by atoms with Gasteiger partial charge in [0.2, 0.25) is 5.91 Å². The molecule has 0 aliphatic heterocycles. The zero-order chi connectivity index (χ0) is 15.7. The van der Waals surface area contributed by atoms with Gasteiger partial charge in [0, 0.05) is 12.1 Å². The van der Waals surface area contributed by atoms with Gasteiger partial charge < -0.3 is 10.1 Å². The van der Waals surface area contributed by atoms with E-state index in [9.17, 15) is 9.59 Å². The summed E-state index contributed by atoms with van der Waals surface area (Å²) in [4.78, 5) is 23.2. The van der Waals surface area contributed by atoms with Crippen molar-refractivity contribution in [3.63, 3.8) is 0 Å². The first kappa shape index (κ1) is 16.7.